The zero-order valence-corrected chi connectivity index (χ0v) is 13.2. The minimum absolute atomic E-state index is 0.754. The SMILES string of the molecule is Cc1nc(Sc2nc(C)c(C)c(C)n2)ccc1Br. The number of aromatic nitrogens is 3. The lowest BCUT2D eigenvalue weighted by Crippen LogP contribution is -1.98. The zero-order chi connectivity index (χ0) is 13.3. The molecule has 3 nitrogen and oxygen atoms in total. The lowest BCUT2D eigenvalue weighted by molar-refractivity contribution is 0.877. The maximum atomic E-state index is 4.49. The minimum atomic E-state index is 0.754. The van der Waals surface area contributed by atoms with E-state index in [-0.39, 0.29) is 0 Å². The molecule has 0 atom stereocenters. The van der Waals surface area contributed by atoms with Crippen LogP contribution in [0.4, 0.5) is 0 Å². The van der Waals surface area contributed by atoms with Crippen molar-refractivity contribution >= 4 is 27.7 Å². The average Bonchev–Trinajstić information content (AvgIpc) is 2.31. The molecule has 0 saturated carbocycles. The summed E-state index contributed by atoms with van der Waals surface area (Å²) in [6, 6.07) is 3.97. The number of pyridine rings is 1. The van der Waals surface area contributed by atoms with Crippen LogP contribution in [0.1, 0.15) is 22.6 Å². The second-order valence-electron chi connectivity index (χ2n) is 4.12. The van der Waals surface area contributed by atoms with Crippen LogP contribution in [-0.4, -0.2) is 15.0 Å². The molecule has 0 radical (unpaired) electrons. The maximum absolute atomic E-state index is 4.49. The molecule has 0 N–H and O–H groups in total. The van der Waals surface area contributed by atoms with Crippen LogP contribution in [0.25, 0.3) is 0 Å². The highest BCUT2D eigenvalue weighted by Gasteiger charge is 2.08. The van der Waals surface area contributed by atoms with E-state index in [9.17, 15) is 0 Å². The third kappa shape index (κ3) is 2.90. The molecular weight excluding hydrogens is 310 g/mol. The molecule has 0 spiro atoms. The molecule has 0 bridgehead atoms. The van der Waals surface area contributed by atoms with Crippen molar-refractivity contribution in [1.82, 2.24) is 15.0 Å². The van der Waals surface area contributed by atoms with Gasteiger partial charge in [0, 0.05) is 15.9 Å². The molecular formula is C13H14BrN3S. The summed E-state index contributed by atoms with van der Waals surface area (Å²) < 4.78 is 1.02. The highest BCUT2D eigenvalue weighted by atomic mass is 79.9. The van der Waals surface area contributed by atoms with Crippen molar-refractivity contribution in [2.24, 2.45) is 0 Å². The van der Waals surface area contributed by atoms with E-state index >= 15 is 0 Å². The van der Waals surface area contributed by atoms with Crippen molar-refractivity contribution in [3.63, 3.8) is 0 Å². The van der Waals surface area contributed by atoms with Crippen LogP contribution in [0.3, 0.4) is 0 Å². The van der Waals surface area contributed by atoms with E-state index in [0.29, 0.717) is 0 Å². The predicted molar refractivity (Wildman–Crippen MR) is 77.0 cm³/mol. The monoisotopic (exact) mass is 323 g/mol. The van der Waals surface area contributed by atoms with Crippen molar-refractivity contribution in [2.45, 2.75) is 37.9 Å². The van der Waals surface area contributed by atoms with Crippen LogP contribution in [0, 0.1) is 27.7 Å². The number of hydrogen-bond acceptors (Lipinski definition) is 4. The van der Waals surface area contributed by atoms with Crippen LogP contribution in [0.2, 0.25) is 0 Å². The summed E-state index contributed by atoms with van der Waals surface area (Å²) in [7, 11) is 0. The van der Waals surface area contributed by atoms with Gasteiger partial charge in [-0.1, -0.05) is 0 Å². The Bertz CT molecular complexity index is 576. The first-order chi connectivity index (χ1) is 8.47. The number of nitrogens with zero attached hydrogens (tertiary/aromatic N) is 3. The smallest absolute Gasteiger partial charge is 0.194 e. The first-order valence-electron chi connectivity index (χ1n) is 5.60. The molecule has 0 aliphatic rings. The first kappa shape index (κ1) is 13.5. The molecule has 0 aliphatic carbocycles. The molecule has 5 heteroatoms. The highest BCUT2D eigenvalue weighted by molar-refractivity contribution is 9.10. The van der Waals surface area contributed by atoms with Gasteiger partial charge in [-0.3, -0.25) is 0 Å². The van der Waals surface area contributed by atoms with Crippen LogP contribution >= 0.6 is 27.7 Å². The molecule has 18 heavy (non-hydrogen) atoms. The van der Waals surface area contributed by atoms with Gasteiger partial charge in [-0.2, -0.15) is 0 Å². The molecule has 0 aliphatic heterocycles. The summed E-state index contributed by atoms with van der Waals surface area (Å²) >= 11 is 4.94. The predicted octanol–water partition coefficient (Wildman–Crippen LogP) is 4.02. The fourth-order valence-corrected chi connectivity index (χ4v) is 2.55. The Morgan fingerprint density at radius 2 is 1.50 bits per heavy atom. The third-order valence-electron chi connectivity index (χ3n) is 2.80. The molecule has 0 amide bonds. The number of halogens is 1. The summed E-state index contributed by atoms with van der Waals surface area (Å²) in [5, 5.41) is 1.67. The highest BCUT2D eigenvalue weighted by Crippen LogP contribution is 2.26. The minimum Gasteiger partial charge on any atom is -0.245 e. The Morgan fingerprint density at radius 3 is 2.06 bits per heavy atom. The van der Waals surface area contributed by atoms with Gasteiger partial charge in [0.25, 0.3) is 0 Å². The Balaban J connectivity index is 2.31. The normalized spacial score (nSPS) is 10.7. The third-order valence-corrected chi connectivity index (χ3v) is 4.44. The van der Waals surface area contributed by atoms with Gasteiger partial charge in [-0.05, 0) is 73.1 Å². The molecule has 2 aromatic heterocycles. The summed E-state index contributed by atoms with van der Waals surface area (Å²) in [5.41, 5.74) is 4.18. The van der Waals surface area contributed by atoms with Gasteiger partial charge in [-0.15, -0.1) is 0 Å². The van der Waals surface area contributed by atoms with Crippen LogP contribution in [0.5, 0.6) is 0 Å². The quantitative estimate of drug-likeness (QED) is 0.782. The average molecular weight is 324 g/mol. The molecule has 2 heterocycles. The second-order valence-corrected chi connectivity index (χ2v) is 5.96. The van der Waals surface area contributed by atoms with Gasteiger partial charge in [-0.25, -0.2) is 15.0 Å². The van der Waals surface area contributed by atoms with Crippen LogP contribution < -0.4 is 0 Å². The van der Waals surface area contributed by atoms with Crippen molar-refractivity contribution in [1.29, 1.82) is 0 Å². The Labute approximate surface area is 120 Å². The fraction of sp³-hybridized carbons (Fsp3) is 0.308. The van der Waals surface area contributed by atoms with Gasteiger partial charge >= 0.3 is 0 Å². The Hall–Kier alpha value is -0.940. The summed E-state index contributed by atoms with van der Waals surface area (Å²) in [5.74, 6) is 0. The lowest BCUT2D eigenvalue weighted by Gasteiger charge is -2.07. The van der Waals surface area contributed by atoms with Gasteiger partial charge in [0.1, 0.15) is 5.03 Å². The first-order valence-corrected chi connectivity index (χ1v) is 7.21. The van der Waals surface area contributed by atoms with Crippen LogP contribution in [0.15, 0.2) is 26.8 Å². The topological polar surface area (TPSA) is 38.7 Å². The van der Waals surface area contributed by atoms with E-state index in [1.165, 1.54) is 11.8 Å². The molecule has 2 aromatic rings. The standard InChI is InChI=1S/C13H14BrN3S/c1-7-8(2)16-13(17-9(7)3)18-12-6-5-11(14)10(4)15-12/h5-6H,1-4H3. The van der Waals surface area contributed by atoms with Crippen LogP contribution in [-0.2, 0) is 0 Å². The number of rotatable bonds is 2. The largest absolute Gasteiger partial charge is 0.245 e. The molecule has 0 fully saturated rings. The van der Waals surface area contributed by atoms with E-state index in [4.69, 9.17) is 0 Å². The lowest BCUT2D eigenvalue weighted by atomic mass is 10.2. The zero-order valence-electron chi connectivity index (χ0n) is 10.8. The summed E-state index contributed by atoms with van der Waals surface area (Å²) in [6.45, 7) is 8.03. The van der Waals surface area contributed by atoms with E-state index in [0.717, 1.165) is 37.3 Å². The second kappa shape index (κ2) is 5.36. The van der Waals surface area contributed by atoms with Crippen molar-refractivity contribution in [3.8, 4) is 0 Å². The molecule has 0 unspecified atom stereocenters. The van der Waals surface area contributed by atoms with Gasteiger partial charge in [0.15, 0.2) is 5.16 Å². The van der Waals surface area contributed by atoms with Crippen molar-refractivity contribution in [2.75, 3.05) is 0 Å². The summed E-state index contributed by atoms with van der Waals surface area (Å²) in [4.78, 5) is 13.4. The summed E-state index contributed by atoms with van der Waals surface area (Å²) in [6.07, 6.45) is 0. The van der Waals surface area contributed by atoms with Gasteiger partial charge in [0.05, 0.1) is 5.69 Å². The Kier molecular flexibility index (Phi) is 4.02. The van der Waals surface area contributed by atoms with E-state index < -0.39 is 0 Å². The van der Waals surface area contributed by atoms with Crippen molar-refractivity contribution in [3.05, 3.63) is 39.3 Å². The molecule has 0 saturated heterocycles. The maximum Gasteiger partial charge on any atom is 0.194 e. The molecule has 94 valence electrons. The van der Waals surface area contributed by atoms with Gasteiger partial charge < -0.3 is 0 Å². The van der Waals surface area contributed by atoms with E-state index in [1.807, 2.05) is 39.8 Å². The van der Waals surface area contributed by atoms with E-state index in [2.05, 4.69) is 30.9 Å². The number of hydrogen-bond donors (Lipinski definition) is 0. The Morgan fingerprint density at radius 1 is 0.889 bits per heavy atom. The number of aryl methyl sites for hydroxylation is 3. The van der Waals surface area contributed by atoms with Crippen molar-refractivity contribution < 1.29 is 0 Å². The van der Waals surface area contributed by atoms with E-state index in [1.54, 1.807) is 0 Å². The molecule has 0 aromatic carbocycles. The fourth-order valence-electron chi connectivity index (χ4n) is 1.46. The molecule has 2 rings (SSSR count). The van der Waals surface area contributed by atoms with Gasteiger partial charge in [0.2, 0.25) is 0 Å².